The minimum absolute atomic E-state index is 0.000733. The molecule has 3 aliphatic heterocycles. The molecule has 0 spiro atoms. The molecule has 0 aromatic carbocycles. The van der Waals surface area contributed by atoms with E-state index in [4.69, 9.17) is 4.74 Å². The summed E-state index contributed by atoms with van der Waals surface area (Å²) in [5.74, 6) is -0.390. The largest absolute Gasteiger partial charge is 0.369 e. The van der Waals surface area contributed by atoms with E-state index in [0.717, 1.165) is 64.0 Å². The van der Waals surface area contributed by atoms with Gasteiger partial charge in [0.2, 0.25) is 0 Å². The lowest BCUT2D eigenvalue weighted by molar-refractivity contribution is -0.188. The highest BCUT2D eigenvalue weighted by atomic mass is 16.5. The van der Waals surface area contributed by atoms with Crippen molar-refractivity contribution in [1.29, 1.82) is 0 Å². The van der Waals surface area contributed by atoms with E-state index >= 15 is 0 Å². The van der Waals surface area contributed by atoms with Gasteiger partial charge < -0.3 is 25.2 Å². The smallest absolute Gasteiger partial charge is 0.256 e. The van der Waals surface area contributed by atoms with Crippen LogP contribution in [0.3, 0.4) is 0 Å². The van der Waals surface area contributed by atoms with Gasteiger partial charge in [-0.2, -0.15) is 0 Å². The standard InChI is InChI=1S/C28H40N6O3/c35-26-20-7-8-22(31-10-9-19-17-29-11-12-30-19)27-25(20)34(23-5-1-2-6-24(23)37-27)18-21(26)28(36)32-13-16-33-14-3-4-15-33/h11-12,17-18,20,22-25,27,31H,1-10,13-16H2,(H,32,36). The second-order valence-electron chi connectivity index (χ2n) is 11.3. The van der Waals surface area contributed by atoms with Crippen molar-refractivity contribution in [2.24, 2.45) is 5.92 Å². The average molecular weight is 509 g/mol. The first-order chi connectivity index (χ1) is 18.2. The lowest BCUT2D eigenvalue weighted by Crippen LogP contribution is -2.70. The first-order valence-corrected chi connectivity index (χ1v) is 14.4. The number of carbonyl (C=O) groups is 2. The van der Waals surface area contributed by atoms with E-state index in [2.05, 4.69) is 30.4 Å². The Morgan fingerprint density at radius 2 is 1.92 bits per heavy atom. The van der Waals surface area contributed by atoms with Crippen molar-refractivity contribution in [2.75, 3.05) is 32.7 Å². The Labute approximate surface area is 219 Å². The van der Waals surface area contributed by atoms with Crippen molar-refractivity contribution in [3.63, 3.8) is 0 Å². The number of nitrogens with zero attached hydrogens (tertiary/aromatic N) is 4. The lowest BCUT2D eigenvalue weighted by Gasteiger charge is -2.58. The van der Waals surface area contributed by atoms with Crippen LogP contribution in [0.2, 0.25) is 0 Å². The molecule has 4 fully saturated rings. The van der Waals surface area contributed by atoms with Crippen LogP contribution in [0.4, 0.5) is 0 Å². The average Bonchev–Trinajstić information content (AvgIpc) is 3.45. The number of hydrogen-bond acceptors (Lipinski definition) is 8. The van der Waals surface area contributed by atoms with Gasteiger partial charge in [0.25, 0.3) is 5.91 Å². The maximum atomic E-state index is 13.7. The van der Waals surface area contributed by atoms with Crippen LogP contribution in [0.25, 0.3) is 0 Å². The van der Waals surface area contributed by atoms with Gasteiger partial charge in [0.1, 0.15) is 0 Å². The summed E-state index contributed by atoms with van der Waals surface area (Å²) in [5, 5.41) is 6.77. The summed E-state index contributed by atoms with van der Waals surface area (Å²) < 4.78 is 6.79. The van der Waals surface area contributed by atoms with E-state index in [0.29, 0.717) is 12.1 Å². The van der Waals surface area contributed by atoms with Crippen molar-refractivity contribution in [3.05, 3.63) is 36.1 Å². The molecule has 1 aromatic heterocycles. The molecule has 2 aliphatic carbocycles. The van der Waals surface area contributed by atoms with Crippen LogP contribution >= 0.6 is 0 Å². The van der Waals surface area contributed by atoms with Gasteiger partial charge in [0.05, 0.1) is 35.6 Å². The van der Waals surface area contributed by atoms with Gasteiger partial charge in [0.15, 0.2) is 5.78 Å². The summed E-state index contributed by atoms with van der Waals surface area (Å²) in [6.07, 6.45) is 16.6. The molecule has 0 radical (unpaired) electrons. The number of nitrogens with one attached hydrogen (secondary N) is 2. The van der Waals surface area contributed by atoms with Crippen molar-refractivity contribution >= 4 is 11.7 Å². The van der Waals surface area contributed by atoms with Gasteiger partial charge in [0, 0.05) is 62.8 Å². The zero-order valence-corrected chi connectivity index (χ0v) is 21.7. The summed E-state index contributed by atoms with van der Waals surface area (Å²) in [5.41, 5.74) is 1.32. The lowest BCUT2D eigenvalue weighted by atomic mass is 9.70. The fourth-order valence-corrected chi connectivity index (χ4v) is 7.26. The molecule has 0 bridgehead atoms. The maximum Gasteiger partial charge on any atom is 0.256 e. The molecule has 37 heavy (non-hydrogen) atoms. The number of ether oxygens (including phenoxy) is 1. The van der Waals surface area contributed by atoms with Gasteiger partial charge >= 0.3 is 0 Å². The van der Waals surface area contributed by atoms with E-state index in [-0.39, 0.29) is 47.9 Å². The summed E-state index contributed by atoms with van der Waals surface area (Å²) in [7, 11) is 0. The first-order valence-electron chi connectivity index (χ1n) is 14.4. The van der Waals surface area contributed by atoms with Crippen LogP contribution in [-0.2, 0) is 20.7 Å². The van der Waals surface area contributed by atoms with Gasteiger partial charge in [-0.15, -0.1) is 0 Å². The summed E-state index contributed by atoms with van der Waals surface area (Å²) in [6, 6.07) is 0.424. The Hall–Kier alpha value is -2.36. The van der Waals surface area contributed by atoms with Gasteiger partial charge in [-0.25, -0.2) is 0 Å². The van der Waals surface area contributed by atoms with Crippen LogP contribution in [0, 0.1) is 5.92 Å². The second kappa shape index (κ2) is 11.2. The third-order valence-electron chi connectivity index (χ3n) is 9.10. The minimum atomic E-state index is -0.206. The molecule has 6 rings (SSSR count). The number of Topliss-reactive ketones (excluding diaryl/α,β-unsaturated/α-hetero) is 1. The number of morpholine rings is 1. The molecule has 2 saturated carbocycles. The maximum absolute atomic E-state index is 13.7. The number of fused-ring (bicyclic) bond motifs is 2. The van der Waals surface area contributed by atoms with E-state index in [1.807, 2.05) is 12.4 Å². The number of ketones is 1. The Morgan fingerprint density at radius 3 is 2.76 bits per heavy atom. The topological polar surface area (TPSA) is 99.7 Å². The summed E-state index contributed by atoms with van der Waals surface area (Å²) in [6.45, 7) is 4.45. The predicted molar refractivity (Wildman–Crippen MR) is 139 cm³/mol. The number of likely N-dealkylation sites (tertiary alicyclic amines) is 1. The highest BCUT2D eigenvalue weighted by molar-refractivity contribution is 6.20. The van der Waals surface area contributed by atoms with Crippen molar-refractivity contribution in [1.82, 2.24) is 30.4 Å². The SMILES string of the molecule is O=C(NCCN1CCCC1)C1=CN2C3CCCCC3OC3C(NCCc4cnccn4)CCC(C1=O)C32. The Kier molecular flexibility index (Phi) is 7.53. The first kappa shape index (κ1) is 24.9. The zero-order chi connectivity index (χ0) is 25.2. The van der Waals surface area contributed by atoms with Crippen molar-refractivity contribution in [2.45, 2.75) is 88.1 Å². The number of amides is 1. The monoisotopic (exact) mass is 508 g/mol. The molecule has 200 valence electrons. The second-order valence-corrected chi connectivity index (χ2v) is 11.3. The summed E-state index contributed by atoms with van der Waals surface area (Å²) in [4.78, 5) is 40.2. The van der Waals surface area contributed by atoms with E-state index < -0.39 is 0 Å². The van der Waals surface area contributed by atoms with Gasteiger partial charge in [-0.3, -0.25) is 19.6 Å². The normalized spacial score (nSPS) is 33.5. The molecule has 2 N–H and O–H groups in total. The summed E-state index contributed by atoms with van der Waals surface area (Å²) >= 11 is 0. The molecular weight excluding hydrogens is 468 g/mol. The van der Waals surface area contributed by atoms with E-state index in [9.17, 15) is 9.59 Å². The molecule has 9 heteroatoms. The number of carbonyl (C=O) groups excluding carboxylic acids is 2. The molecule has 6 unspecified atom stereocenters. The van der Waals surface area contributed by atoms with Gasteiger partial charge in [-0.05, 0) is 51.6 Å². The van der Waals surface area contributed by atoms with E-state index in [1.54, 1.807) is 12.4 Å². The van der Waals surface area contributed by atoms with Crippen molar-refractivity contribution < 1.29 is 14.3 Å². The molecular formula is C28H40N6O3. The minimum Gasteiger partial charge on any atom is -0.369 e. The third kappa shape index (κ3) is 5.18. The van der Waals surface area contributed by atoms with Crippen LogP contribution < -0.4 is 10.6 Å². The molecule has 2 saturated heterocycles. The van der Waals surface area contributed by atoms with Crippen molar-refractivity contribution in [3.8, 4) is 0 Å². The third-order valence-corrected chi connectivity index (χ3v) is 9.10. The van der Waals surface area contributed by atoms with Crippen LogP contribution in [0.1, 0.15) is 57.1 Å². The molecule has 6 atom stereocenters. The highest BCUT2D eigenvalue weighted by Crippen LogP contribution is 2.44. The molecule has 5 aliphatic rings. The molecule has 1 amide bonds. The number of aromatic nitrogens is 2. The Bertz CT molecular complexity index is 997. The fraction of sp³-hybridized carbons (Fsp3) is 0.714. The highest BCUT2D eigenvalue weighted by Gasteiger charge is 2.55. The van der Waals surface area contributed by atoms with Crippen LogP contribution in [-0.4, -0.2) is 94.5 Å². The van der Waals surface area contributed by atoms with Crippen LogP contribution in [0.15, 0.2) is 30.4 Å². The zero-order valence-electron chi connectivity index (χ0n) is 21.7. The number of hydrogen-bond donors (Lipinski definition) is 2. The Morgan fingerprint density at radius 1 is 1.05 bits per heavy atom. The molecule has 9 nitrogen and oxygen atoms in total. The predicted octanol–water partition coefficient (Wildman–Crippen LogP) is 1.45. The van der Waals surface area contributed by atoms with Crippen LogP contribution in [0.5, 0.6) is 0 Å². The molecule has 4 heterocycles. The quantitative estimate of drug-likeness (QED) is 0.509. The molecule has 1 aromatic rings. The Balaban J connectivity index is 1.17. The van der Waals surface area contributed by atoms with Gasteiger partial charge in [-0.1, -0.05) is 12.8 Å². The fourth-order valence-electron chi connectivity index (χ4n) is 7.26. The number of rotatable bonds is 8. The van der Waals surface area contributed by atoms with E-state index in [1.165, 1.54) is 25.7 Å².